The van der Waals surface area contributed by atoms with Crippen LogP contribution in [0, 0.1) is 12.1 Å². The number of hydrogen-bond donors (Lipinski definition) is 2. The van der Waals surface area contributed by atoms with E-state index in [2.05, 4.69) is 31.2 Å². The highest BCUT2D eigenvalue weighted by Gasteiger charge is 2.16. The van der Waals surface area contributed by atoms with Gasteiger partial charge >= 0.3 is 0 Å². The molecule has 8 heteroatoms. The van der Waals surface area contributed by atoms with E-state index in [-0.39, 0.29) is 5.13 Å². The summed E-state index contributed by atoms with van der Waals surface area (Å²) in [5.41, 5.74) is 6.34. The third-order valence-corrected chi connectivity index (χ3v) is 6.60. The molecule has 0 aliphatic carbocycles. The van der Waals surface area contributed by atoms with Crippen molar-refractivity contribution in [1.29, 1.82) is 0 Å². The van der Waals surface area contributed by atoms with Crippen LogP contribution in [0.5, 0.6) is 0 Å². The molecule has 0 spiro atoms. The van der Waals surface area contributed by atoms with E-state index in [1.165, 1.54) is 6.07 Å². The van der Waals surface area contributed by atoms with Crippen LogP contribution < -0.4 is 0 Å². The van der Waals surface area contributed by atoms with Gasteiger partial charge in [-0.2, -0.15) is 9.49 Å². The summed E-state index contributed by atoms with van der Waals surface area (Å²) in [6.45, 7) is 1.97. The lowest BCUT2D eigenvalue weighted by molar-refractivity contribution is 0.657. The van der Waals surface area contributed by atoms with Crippen molar-refractivity contribution in [1.82, 2.24) is 29.7 Å². The summed E-state index contributed by atoms with van der Waals surface area (Å²) in [4.78, 5) is 13.3. The molecule has 6 aromatic rings. The summed E-state index contributed by atoms with van der Waals surface area (Å²) in [5.74, 6) is 0.928. The summed E-state index contributed by atoms with van der Waals surface area (Å²) in [5, 5.41) is 9.45. The zero-order chi connectivity index (χ0) is 21.1. The molecule has 31 heavy (non-hydrogen) atoms. The lowest BCUT2D eigenvalue weighted by Gasteiger charge is -2.03. The Bertz CT molecular complexity index is 1580. The van der Waals surface area contributed by atoms with Gasteiger partial charge in [-0.3, -0.25) is 10.1 Å². The van der Waals surface area contributed by atoms with Gasteiger partial charge in [-0.15, -0.1) is 11.3 Å². The number of fused-ring (bicyclic) bond motifs is 2. The third kappa shape index (κ3) is 2.79. The summed E-state index contributed by atoms with van der Waals surface area (Å²) in [6.07, 6.45) is 3.63. The van der Waals surface area contributed by atoms with Gasteiger partial charge in [0.25, 0.3) is 0 Å². The maximum absolute atomic E-state index is 13.6. The molecule has 0 atom stereocenters. The minimum Gasteiger partial charge on any atom is -0.353 e. The van der Waals surface area contributed by atoms with Gasteiger partial charge in [0.05, 0.1) is 35.0 Å². The van der Waals surface area contributed by atoms with Gasteiger partial charge in [-0.05, 0) is 37.3 Å². The molecule has 152 valence electrons. The molecular formula is C23H17FN6S. The van der Waals surface area contributed by atoms with Crippen LogP contribution in [0.25, 0.3) is 55.0 Å². The number of nitrogens with zero attached hydrogens (tertiary/aromatic N) is 4. The average Bonchev–Trinajstić information content (AvgIpc) is 3.54. The van der Waals surface area contributed by atoms with Crippen molar-refractivity contribution in [2.24, 2.45) is 7.05 Å². The molecular weight excluding hydrogens is 411 g/mol. The SMILES string of the molecule is Cc1ncc(-c2cc3c(-c4cc5c(-c6ccc(F)s6)cccc5[nH]4)n[nH]c3cn2)n1C. The first-order valence-electron chi connectivity index (χ1n) is 9.79. The number of aryl methyl sites for hydroxylation is 1. The summed E-state index contributed by atoms with van der Waals surface area (Å²) >= 11 is 1.15. The van der Waals surface area contributed by atoms with Crippen molar-refractivity contribution in [2.75, 3.05) is 0 Å². The highest BCUT2D eigenvalue weighted by molar-refractivity contribution is 7.14. The molecule has 0 bridgehead atoms. The molecule has 1 aromatic carbocycles. The topological polar surface area (TPSA) is 75.2 Å². The summed E-state index contributed by atoms with van der Waals surface area (Å²) < 4.78 is 15.6. The van der Waals surface area contributed by atoms with E-state index in [9.17, 15) is 4.39 Å². The smallest absolute Gasteiger partial charge is 0.176 e. The van der Waals surface area contributed by atoms with E-state index in [1.807, 2.05) is 55.1 Å². The Kier molecular flexibility index (Phi) is 3.85. The first kappa shape index (κ1) is 18.0. The normalized spacial score (nSPS) is 11.7. The van der Waals surface area contributed by atoms with Crippen molar-refractivity contribution in [2.45, 2.75) is 6.92 Å². The predicted octanol–water partition coefficient (Wildman–Crippen LogP) is 5.68. The van der Waals surface area contributed by atoms with Crippen LogP contribution in [0.15, 0.2) is 54.9 Å². The molecule has 5 aromatic heterocycles. The molecule has 5 heterocycles. The Morgan fingerprint density at radius 1 is 1.00 bits per heavy atom. The Morgan fingerprint density at radius 3 is 2.68 bits per heavy atom. The summed E-state index contributed by atoms with van der Waals surface area (Å²) in [6, 6.07) is 13.4. The van der Waals surface area contributed by atoms with Crippen LogP contribution in [0.1, 0.15) is 5.82 Å². The summed E-state index contributed by atoms with van der Waals surface area (Å²) in [7, 11) is 1.98. The highest BCUT2D eigenvalue weighted by atomic mass is 32.1. The van der Waals surface area contributed by atoms with Gasteiger partial charge in [-0.25, -0.2) is 4.98 Å². The molecule has 0 saturated carbocycles. The number of rotatable bonds is 3. The largest absolute Gasteiger partial charge is 0.353 e. The minimum absolute atomic E-state index is 0.188. The number of thiophene rings is 1. The van der Waals surface area contributed by atoms with E-state index < -0.39 is 0 Å². The standard InChI is InChI=1S/C23H17FN6S/c1-12-25-11-20(30(12)2)17-9-15-19(10-26-17)28-29-23(15)18-8-14-13(4-3-5-16(14)27-18)21-6-7-22(24)31-21/h3-11,27H,1-2H3,(H,28,29). The van der Waals surface area contributed by atoms with E-state index in [1.54, 1.807) is 6.20 Å². The number of benzene rings is 1. The zero-order valence-electron chi connectivity index (χ0n) is 16.8. The number of imidazole rings is 1. The first-order valence-corrected chi connectivity index (χ1v) is 10.6. The Morgan fingerprint density at radius 2 is 1.90 bits per heavy atom. The van der Waals surface area contributed by atoms with Crippen LogP contribution in [0.4, 0.5) is 4.39 Å². The Hall–Kier alpha value is -3.78. The monoisotopic (exact) mass is 428 g/mol. The minimum atomic E-state index is -0.188. The second-order valence-corrected chi connectivity index (χ2v) is 8.52. The number of halogens is 1. The molecule has 0 saturated heterocycles. The molecule has 0 amide bonds. The van der Waals surface area contributed by atoms with Crippen molar-refractivity contribution >= 4 is 33.1 Å². The second-order valence-electron chi connectivity index (χ2n) is 7.49. The average molecular weight is 428 g/mol. The van der Waals surface area contributed by atoms with Crippen LogP contribution in [-0.4, -0.2) is 29.7 Å². The van der Waals surface area contributed by atoms with Gasteiger partial charge in [0.2, 0.25) is 0 Å². The second kappa shape index (κ2) is 6.61. The van der Waals surface area contributed by atoms with Gasteiger partial charge < -0.3 is 9.55 Å². The maximum Gasteiger partial charge on any atom is 0.176 e. The predicted molar refractivity (Wildman–Crippen MR) is 121 cm³/mol. The molecule has 6 rings (SSSR count). The lowest BCUT2D eigenvalue weighted by Crippen LogP contribution is -1.95. The Labute approximate surface area is 180 Å². The van der Waals surface area contributed by atoms with Gasteiger partial charge in [0.1, 0.15) is 11.5 Å². The third-order valence-electron chi connectivity index (χ3n) is 5.69. The molecule has 0 aliphatic rings. The molecule has 0 fully saturated rings. The van der Waals surface area contributed by atoms with Crippen molar-refractivity contribution in [3.8, 4) is 33.2 Å². The van der Waals surface area contributed by atoms with E-state index >= 15 is 0 Å². The molecule has 0 aliphatic heterocycles. The van der Waals surface area contributed by atoms with E-state index in [0.717, 1.165) is 72.2 Å². The Balaban J connectivity index is 1.52. The van der Waals surface area contributed by atoms with Crippen molar-refractivity contribution < 1.29 is 4.39 Å². The number of aromatic nitrogens is 6. The van der Waals surface area contributed by atoms with Crippen molar-refractivity contribution in [3.05, 3.63) is 65.8 Å². The lowest BCUT2D eigenvalue weighted by atomic mass is 10.1. The molecule has 6 nitrogen and oxygen atoms in total. The fourth-order valence-corrected chi connectivity index (χ4v) is 4.73. The fourth-order valence-electron chi connectivity index (χ4n) is 3.96. The van der Waals surface area contributed by atoms with E-state index in [4.69, 9.17) is 0 Å². The number of aromatic amines is 2. The fraction of sp³-hybridized carbons (Fsp3) is 0.0870. The van der Waals surface area contributed by atoms with Gasteiger partial charge in [0, 0.05) is 33.8 Å². The van der Waals surface area contributed by atoms with Gasteiger partial charge in [0.15, 0.2) is 5.13 Å². The van der Waals surface area contributed by atoms with Crippen LogP contribution in [0.3, 0.4) is 0 Å². The molecule has 0 radical (unpaired) electrons. The number of hydrogen-bond acceptors (Lipinski definition) is 4. The quantitative estimate of drug-likeness (QED) is 0.381. The molecule has 0 unspecified atom stereocenters. The number of nitrogens with one attached hydrogen (secondary N) is 2. The number of H-pyrrole nitrogens is 2. The molecule has 2 N–H and O–H groups in total. The number of pyridine rings is 1. The van der Waals surface area contributed by atoms with Crippen LogP contribution in [-0.2, 0) is 7.05 Å². The highest BCUT2D eigenvalue weighted by Crippen LogP contribution is 2.36. The maximum atomic E-state index is 13.6. The van der Waals surface area contributed by atoms with Crippen LogP contribution >= 0.6 is 11.3 Å². The van der Waals surface area contributed by atoms with Crippen molar-refractivity contribution in [3.63, 3.8) is 0 Å². The van der Waals surface area contributed by atoms with E-state index in [0.29, 0.717) is 0 Å². The first-order chi connectivity index (χ1) is 15.1. The van der Waals surface area contributed by atoms with Gasteiger partial charge in [-0.1, -0.05) is 12.1 Å². The van der Waals surface area contributed by atoms with Crippen LogP contribution in [0.2, 0.25) is 0 Å². The zero-order valence-corrected chi connectivity index (χ0v) is 17.6.